The Labute approximate surface area is 126 Å². The Hall–Kier alpha value is -1.90. The Morgan fingerprint density at radius 2 is 2.19 bits per heavy atom. The van der Waals surface area contributed by atoms with E-state index in [4.69, 9.17) is 5.41 Å². The van der Waals surface area contributed by atoms with Crippen molar-refractivity contribution in [3.8, 4) is 0 Å². The van der Waals surface area contributed by atoms with E-state index in [9.17, 15) is 0 Å². The van der Waals surface area contributed by atoms with Gasteiger partial charge in [0.2, 0.25) is 0 Å². The molecule has 3 nitrogen and oxygen atoms in total. The quantitative estimate of drug-likeness (QED) is 0.812. The van der Waals surface area contributed by atoms with Crippen LogP contribution in [0, 0.1) is 11.3 Å². The first-order valence-corrected chi connectivity index (χ1v) is 7.77. The first-order valence-electron chi connectivity index (χ1n) is 7.77. The van der Waals surface area contributed by atoms with E-state index in [1.807, 2.05) is 25.4 Å². The van der Waals surface area contributed by atoms with Gasteiger partial charge >= 0.3 is 0 Å². The summed E-state index contributed by atoms with van der Waals surface area (Å²) >= 11 is 0. The normalized spacial score (nSPS) is 22.4. The second-order valence-corrected chi connectivity index (χ2v) is 6.44. The van der Waals surface area contributed by atoms with E-state index < -0.39 is 0 Å². The fourth-order valence-corrected chi connectivity index (χ4v) is 3.38. The summed E-state index contributed by atoms with van der Waals surface area (Å²) in [6.07, 6.45) is 7.13. The Bertz CT molecular complexity index is 696. The number of imidazole rings is 1. The van der Waals surface area contributed by atoms with Crippen LogP contribution in [0.5, 0.6) is 0 Å². The molecule has 110 valence electrons. The van der Waals surface area contributed by atoms with E-state index in [1.54, 1.807) is 0 Å². The van der Waals surface area contributed by atoms with Crippen LogP contribution in [-0.4, -0.2) is 15.3 Å². The lowest BCUT2D eigenvalue weighted by Gasteiger charge is -2.28. The van der Waals surface area contributed by atoms with E-state index in [0.717, 1.165) is 22.6 Å². The Kier molecular flexibility index (Phi) is 3.66. The van der Waals surface area contributed by atoms with Gasteiger partial charge in [-0.25, -0.2) is 4.98 Å². The number of benzene rings is 1. The topological polar surface area (TPSA) is 41.7 Å². The van der Waals surface area contributed by atoms with E-state index >= 15 is 0 Å². The van der Waals surface area contributed by atoms with Crippen molar-refractivity contribution in [2.75, 3.05) is 0 Å². The fraction of sp³-hybridized carbons (Fsp3) is 0.444. The van der Waals surface area contributed by atoms with Gasteiger partial charge < -0.3 is 9.98 Å². The molecule has 1 saturated carbocycles. The van der Waals surface area contributed by atoms with E-state index in [1.165, 1.54) is 31.2 Å². The van der Waals surface area contributed by atoms with E-state index in [0.29, 0.717) is 11.8 Å². The number of allylic oxidation sites excluding steroid dienone is 1. The number of aromatic nitrogens is 2. The van der Waals surface area contributed by atoms with Crippen molar-refractivity contribution >= 4 is 16.7 Å². The predicted octanol–water partition coefficient (Wildman–Crippen LogP) is 4.73. The van der Waals surface area contributed by atoms with Gasteiger partial charge in [-0.05, 0) is 43.4 Å². The summed E-state index contributed by atoms with van der Waals surface area (Å²) in [6, 6.07) is 6.71. The van der Waals surface area contributed by atoms with Gasteiger partial charge in [0.05, 0.1) is 23.1 Å². The third kappa shape index (κ3) is 2.65. The van der Waals surface area contributed by atoms with Gasteiger partial charge in [-0.3, -0.25) is 0 Å². The van der Waals surface area contributed by atoms with Crippen LogP contribution < -0.4 is 0 Å². The van der Waals surface area contributed by atoms with Crippen molar-refractivity contribution in [3.63, 3.8) is 0 Å². The molecule has 0 unspecified atom stereocenters. The molecule has 0 spiro atoms. The predicted molar refractivity (Wildman–Crippen MR) is 88.0 cm³/mol. The number of hydrogen-bond acceptors (Lipinski definition) is 2. The summed E-state index contributed by atoms with van der Waals surface area (Å²) in [5.41, 5.74) is 4.36. The van der Waals surface area contributed by atoms with Crippen molar-refractivity contribution < 1.29 is 0 Å². The van der Waals surface area contributed by atoms with E-state index in [2.05, 4.69) is 29.1 Å². The minimum atomic E-state index is 0.498. The maximum Gasteiger partial charge on any atom is 0.0960 e. The molecule has 3 rings (SSSR count). The van der Waals surface area contributed by atoms with Gasteiger partial charge in [0.25, 0.3) is 0 Å². The van der Waals surface area contributed by atoms with Crippen LogP contribution in [0.3, 0.4) is 0 Å². The van der Waals surface area contributed by atoms with Crippen LogP contribution >= 0.6 is 0 Å². The minimum Gasteiger partial charge on any atom is -0.327 e. The maximum atomic E-state index is 8.05. The van der Waals surface area contributed by atoms with Gasteiger partial charge in [-0.15, -0.1) is 0 Å². The second-order valence-electron chi connectivity index (χ2n) is 6.44. The van der Waals surface area contributed by atoms with Crippen molar-refractivity contribution in [1.82, 2.24) is 9.55 Å². The molecule has 1 N–H and O–H groups in total. The molecule has 0 saturated heterocycles. The molecule has 2 atom stereocenters. The first kappa shape index (κ1) is 14.1. The first-order chi connectivity index (χ1) is 10.1. The number of hydrogen-bond donors (Lipinski definition) is 1. The summed E-state index contributed by atoms with van der Waals surface area (Å²) in [5.74, 6) is 0.803. The van der Waals surface area contributed by atoms with Gasteiger partial charge in [0.15, 0.2) is 0 Å². The number of nitrogens with one attached hydrogen (secondary N) is 1. The molecule has 0 amide bonds. The zero-order chi connectivity index (χ0) is 15.0. The zero-order valence-electron chi connectivity index (χ0n) is 12.9. The maximum absolute atomic E-state index is 8.05. The van der Waals surface area contributed by atoms with Crippen LogP contribution in [0.2, 0.25) is 0 Å². The molecule has 2 aromatic rings. The SMILES string of the molecule is C=C(C)C(=N)c1ccc2c(c1)ncn2[C@@H]1CCC[C@@H](C)C1. The second kappa shape index (κ2) is 5.47. The molecule has 1 aliphatic carbocycles. The molecule has 1 heterocycles. The Morgan fingerprint density at radius 1 is 1.38 bits per heavy atom. The smallest absolute Gasteiger partial charge is 0.0960 e. The van der Waals surface area contributed by atoms with Crippen molar-refractivity contribution in [3.05, 3.63) is 42.2 Å². The summed E-state index contributed by atoms with van der Waals surface area (Å²) in [5, 5.41) is 8.05. The highest BCUT2D eigenvalue weighted by molar-refractivity contribution is 6.11. The van der Waals surface area contributed by atoms with Gasteiger partial charge in [0.1, 0.15) is 0 Å². The van der Waals surface area contributed by atoms with Gasteiger partial charge in [-0.2, -0.15) is 0 Å². The molecule has 0 bridgehead atoms. The molecule has 1 aromatic heterocycles. The molecule has 1 aromatic carbocycles. The lowest BCUT2D eigenvalue weighted by molar-refractivity contribution is 0.286. The number of rotatable bonds is 3. The molecule has 0 aliphatic heterocycles. The Balaban J connectivity index is 1.96. The molecular weight excluding hydrogens is 258 g/mol. The highest BCUT2D eigenvalue weighted by Gasteiger charge is 2.21. The molecule has 21 heavy (non-hydrogen) atoms. The monoisotopic (exact) mass is 281 g/mol. The lowest BCUT2D eigenvalue weighted by Crippen LogP contribution is -2.16. The largest absolute Gasteiger partial charge is 0.327 e. The molecule has 1 aliphatic rings. The van der Waals surface area contributed by atoms with Crippen LogP contribution in [0.25, 0.3) is 11.0 Å². The molecular formula is C18H23N3. The summed E-state index contributed by atoms with van der Waals surface area (Å²) in [6.45, 7) is 8.06. The molecule has 3 heteroatoms. The fourth-order valence-electron chi connectivity index (χ4n) is 3.38. The summed E-state index contributed by atoms with van der Waals surface area (Å²) < 4.78 is 2.33. The third-order valence-electron chi connectivity index (χ3n) is 4.59. The minimum absolute atomic E-state index is 0.498. The highest BCUT2D eigenvalue weighted by atomic mass is 15.1. The van der Waals surface area contributed by atoms with Crippen LogP contribution in [0.4, 0.5) is 0 Å². The number of fused-ring (bicyclic) bond motifs is 1. The summed E-state index contributed by atoms with van der Waals surface area (Å²) in [7, 11) is 0. The molecule has 0 radical (unpaired) electrons. The van der Waals surface area contributed by atoms with Crippen molar-refractivity contribution in [2.24, 2.45) is 5.92 Å². The van der Waals surface area contributed by atoms with Crippen LogP contribution in [0.1, 0.15) is 51.1 Å². The Morgan fingerprint density at radius 3 is 2.90 bits per heavy atom. The van der Waals surface area contributed by atoms with Crippen LogP contribution in [-0.2, 0) is 0 Å². The summed E-state index contributed by atoms with van der Waals surface area (Å²) in [4.78, 5) is 4.56. The average molecular weight is 281 g/mol. The van der Waals surface area contributed by atoms with Gasteiger partial charge in [-0.1, -0.05) is 32.4 Å². The molecule has 1 fully saturated rings. The van der Waals surface area contributed by atoms with Crippen LogP contribution in [0.15, 0.2) is 36.7 Å². The van der Waals surface area contributed by atoms with Gasteiger partial charge in [0, 0.05) is 11.6 Å². The highest BCUT2D eigenvalue weighted by Crippen LogP contribution is 2.34. The standard InChI is InChI=1S/C18H23N3/c1-12(2)18(19)14-7-8-17-16(10-14)20-11-21(17)15-6-4-5-13(3)9-15/h7-8,10-11,13,15,19H,1,4-6,9H2,2-3H3/t13-,15-/m1/s1. The van der Waals surface area contributed by atoms with Crippen molar-refractivity contribution in [1.29, 1.82) is 5.41 Å². The number of nitrogens with zero attached hydrogens (tertiary/aromatic N) is 2. The van der Waals surface area contributed by atoms with E-state index in [-0.39, 0.29) is 0 Å². The average Bonchev–Trinajstić information content (AvgIpc) is 2.89. The zero-order valence-corrected chi connectivity index (χ0v) is 12.9. The lowest BCUT2D eigenvalue weighted by atomic mass is 9.87. The third-order valence-corrected chi connectivity index (χ3v) is 4.59. The van der Waals surface area contributed by atoms with Crippen molar-refractivity contribution in [2.45, 2.75) is 45.6 Å².